The first kappa shape index (κ1) is 43.5. The fourth-order valence-electron chi connectivity index (χ4n) is 13.1. The molecule has 0 spiro atoms. The van der Waals surface area contributed by atoms with Crippen molar-refractivity contribution >= 4 is 116 Å². The molecule has 0 saturated carbocycles. The summed E-state index contributed by atoms with van der Waals surface area (Å²) >= 11 is 0. The monoisotopic (exact) mass is 997 g/mol. The van der Waals surface area contributed by atoms with Crippen LogP contribution in [0.1, 0.15) is 0 Å². The molecule has 16 aromatic rings. The maximum absolute atomic E-state index is 6.66. The Kier molecular flexibility index (Phi) is 9.62. The Bertz CT molecular complexity index is 4840. The molecule has 0 unspecified atom stereocenters. The van der Waals surface area contributed by atoms with Crippen LogP contribution in [0.4, 0.5) is 0 Å². The topological polar surface area (TPSA) is 27.9 Å². The van der Waals surface area contributed by atoms with E-state index in [0.29, 0.717) is 0 Å². The second-order valence-corrected chi connectivity index (χ2v) is 24.2. The molecule has 12 aromatic carbocycles. The minimum atomic E-state index is -2.80. The van der Waals surface area contributed by atoms with Crippen molar-refractivity contribution in [1.29, 1.82) is 0 Å². The van der Waals surface area contributed by atoms with Crippen molar-refractivity contribution in [2.45, 2.75) is 0 Å². The molecule has 0 N–H and O–H groups in total. The van der Waals surface area contributed by atoms with Crippen LogP contribution in [-0.4, -0.2) is 21.8 Å². The van der Waals surface area contributed by atoms with Gasteiger partial charge in [0.2, 0.25) is 0 Å². The van der Waals surface area contributed by atoms with Gasteiger partial charge in [-0.25, -0.2) is 0 Å². The molecule has 0 saturated heterocycles. The largest absolute Gasteiger partial charge is 0.455 e. The van der Waals surface area contributed by atoms with Gasteiger partial charge >= 0.3 is 0 Å². The second-order valence-electron chi connectivity index (χ2n) is 20.4. The Hall–Kier alpha value is -9.94. The number of nitrogens with zero attached hydrogens (tertiary/aromatic N) is 3. The van der Waals surface area contributed by atoms with Gasteiger partial charge in [-0.05, 0) is 105 Å². The highest BCUT2D eigenvalue weighted by molar-refractivity contribution is 7.19. The molecular formula is C72H47N3OSi. The highest BCUT2D eigenvalue weighted by Gasteiger charge is 2.41. The van der Waals surface area contributed by atoms with E-state index in [-0.39, 0.29) is 0 Å². The number of hydrogen-bond donors (Lipinski definition) is 0. The van der Waals surface area contributed by atoms with E-state index >= 15 is 0 Å². The minimum absolute atomic E-state index is 0.895. The Morgan fingerprint density at radius 1 is 0.247 bits per heavy atom. The fraction of sp³-hybridized carbons (Fsp3) is 0. The lowest BCUT2D eigenvalue weighted by Crippen LogP contribution is -2.74. The van der Waals surface area contributed by atoms with Crippen LogP contribution >= 0.6 is 0 Å². The first-order valence-corrected chi connectivity index (χ1v) is 28.5. The van der Waals surface area contributed by atoms with Crippen molar-refractivity contribution in [1.82, 2.24) is 13.7 Å². The average molecular weight is 998 g/mol. The highest BCUT2D eigenvalue weighted by atomic mass is 28.3. The number of aromatic nitrogens is 3. The molecule has 5 heteroatoms. The third-order valence-corrected chi connectivity index (χ3v) is 21.2. The van der Waals surface area contributed by atoms with E-state index in [1.165, 1.54) is 69.6 Å². The van der Waals surface area contributed by atoms with Gasteiger partial charge in [0.1, 0.15) is 11.2 Å². The second kappa shape index (κ2) is 17.0. The van der Waals surface area contributed by atoms with Crippen LogP contribution in [0.3, 0.4) is 0 Å². The van der Waals surface area contributed by atoms with E-state index in [4.69, 9.17) is 4.42 Å². The average Bonchev–Trinajstić information content (AvgIpc) is 4.25. The zero-order chi connectivity index (χ0) is 50.6. The van der Waals surface area contributed by atoms with Crippen LogP contribution in [0.5, 0.6) is 0 Å². The molecule has 0 atom stereocenters. The van der Waals surface area contributed by atoms with Gasteiger partial charge in [0, 0.05) is 65.7 Å². The van der Waals surface area contributed by atoms with Crippen molar-refractivity contribution in [3.8, 4) is 28.2 Å². The van der Waals surface area contributed by atoms with E-state index in [0.717, 1.165) is 66.7 Å². The number of para-hydroxylation sites is 5. The highest BCUT2D eigenvalue weighted by Crippen LogP contribution is 2.42. The third-order valence-electron chi connectivity index (χ3n) is 16.4. The van der Waals surface area contributed by atoms with Crippen molar-refractivity contribution in [3.63, 3.8) is 0 Å². The summed E-state index contributed by atoms with van der Waals surface area (Å²) in [6.45, 7) is 0. The summed E-state index contributed by atoms with van der Waals surface area (Å²) in [6.07, 6.45) is 0. The van der Waals surface area contributed by atoms with Crippen LogP contribution < -0.4 is 20.7 Å². The summed E-state index contributed by atoms with van der Waals surface area (Å²) in [4.78, 5) is 0. The lowest BCUT2D eigenvalue weighted by Gasteiger charge is -2.34. The van der Waals surface area contributed by atoms with Gasteiger partial charge in [0.15, 0.2) is 8.07 Å². The fourth-order valence-corrected chi connectivity index (χ4v) is 17.9. The Balaban J connectivity index is 0.926. The van der Waals surface area contributed by atoms with E-state index < -0.39 is 8.07 Å². The van der Waals surface area contributed by atoms with Gasteiger partial charge in [0.25, 0.3) is 0 Å². The predicted octanol–water partition coefficient (Wildman–Crippen LogP) is 15.9. The maximum atomic E-state index is 6.66. The van der Waals surface area contributed by atoms with Crippen LogP contribution in [0, 0.1) is 0 Å². The summed E-state index contributed by atoms with van der Waals surface area (Å²) in [5, 5.41) is 14.9. The Labute approximate surface area is 445 Å². The van der Waals surface area contributed by atoms with E-state index in [9.17, 15) is 0 Å². The number of rotatable bonds is 8. The zero-order valence-electron chi connectivity index (χ0n) is 41.9. The van der Waals surface area contributed by atoms with Gasteiger partial charge < -0.3 is 18.1 Å². The molecule has 0 bridgehead atoms. The van der Waals surface area contributed by atoms with Gasteiger partial charge in [-0.3, -0.25) is 0 Å². The minimum Gasteiger partial charge on any atom is -0.455 e. The van der Waals surface area contributed by atoms with Crippen LogP contribution in [-0.2, 0) is 0 Å². The Morgan fingerprint density at radius 3 is 1.23 bits per heavy atom. The van der Waals surface area contributed by atoms with Crippen LogP contribution in [0.15, 0.2) is 290 Å². The molecule has 16 rings (SSSR count). The molecule has 4 aromatic heterocycles. The van der Waals surface area contributed by atoms with Gasteiger partial charge in [-0.2, -0.15) is 0 Å². The Morgan fingerprint density at radius 2 is 0.662 bits per heavy atom. The zero-order valence-corrected chi connectivity index (χ0v) is 42.9. The van der Waals surface area contributed by atoms with E-state index in [1.54, 1.807) is 0 Å². The number of furan rings is 1. The molecule has 0 radical (unpaired) electrons. The molecule has 0 amide bonds. The van der Waals surface area contributed by atoms with Crippen LogP contribution in [0.25, 0.3) is 116 Å². The van der Waals surface area contributed by atoms with E-state index in [2.05, 4.69) is 293 Å². The van der Waals surface area contributed by atoms with E-state index in [1.807, 2.05) is 6.07 Å². The summed E-state index contributed by atoms with van der Waals surface area (Å²) in [6, 6.07) is 105. The third kappa shape index (κ3) is 6.45. The first-order chi connectivity index (χ1) is 38.2. The van der Waals surface area contributed by atoms with Crippen molar-refractivity contribution in [2.24, 2.45) is 0 Å². The van der Waals surface area contributed by atoms with Crippen molar-refractivity contribution < 1.29 is 4.42 Å². The molecule has 0 aliphatic heterocycles. The SMILES string of the molecule is c1ccc([Si](c2ccccc2)(c2ccccc2)c2cccc(-n3c4ccccc4c4cc(-n5c6ccc(-n7c8ccccc8c8ccccc87)cc6c6ccc(-c7cccc8c7oc7ccccc78)cc65)ccc43)c2)cc1. The standard InChI is InChI=1S/C72H47N3OSi/c1-4-21-52(22-5-1)77(53-23-6-2-7-24-53,54-25-8-3-9-26-54)55-27-18-20-49(45-55)73-67-36-16-12-30-59(67)63-47-51(40-42-68(63)73)75-69-43-39-50(74-65-34-14-10-28-57(65)58-29-11-15-35-66(58)74)46-64(69)60-41-38-48(44-70(60)75)56-32-19-33-62-61-31-13-17-37-71(61)76-72(56)62/h1-47H. The smallest absolute Gasteiger partial charge is 0.179 e. The first-order valence-electron chi connectivity index (χ1n) is 26.5. The predicted molar refractivity (Wildman–Crippen MR) is 326 cm³/mol. The molecule has 4 heterocycles. The molecule has 77 heavy (non-hydrogen) atoms. The molecule has 4 nitrogen and oxygen atoms in total. The van der Waals surface area contributed by atoms with Crippen molar-refractivity contribution in [3.05, 3.63) is 285 Å². The lowest BCUT2D eigenvalue weighted by molar-refractivity contribution is 0.670. The summed E-state index contributed by atoms with van der Waals surface area (Å²) < 4.78 is 14.0. The summed E-state index contributed by atoms with van der Waals surface area (Å²) in [5.74, 6) is 0. The summed E-state index contributed by atoms with van der Waals surface area (Å²) in [5.41, 5.74) is 14.3. The molecule has 0 aliphatic carbocycles. The number of hydrogen-bond acceptors (Lipinski definition) is 1. The van der Waals surface area contributed by atoms with Crippen molar-refractivity contribution in [2.75, 3.05) is 0 Å². The molecule has 0 aliphatic rings. The normalized spacial score (nSPS) is 12.2. The lowest BCUT2D eigenvalue weighted by atomic mass is 10.0. The van der Waals surface area contributed by atoms with Crippen LogP contribution in [0.2, 0.25) is 0 Å². The van der Waals surface area contributed by atoms with Gasteiger partial charge in [-0.1, -0.05) is 206 Å². The molecule has 0 fully saturated rings. The number of benzene rings is 12. The summed E-state index contributed by atoms with van der Waals surface area (Å²) in [7, 11) is -2.80. The molecule has 360 valence electrons. The number of fused-ring (bicyclic) bond motifs is 12. The van der Waals surface area contributed by atoms with Gasteiger partial charge in [0.05, 0.1) is 33.1 Å². The maximum Gasteiger partial charge on any atom is 0.179 e. The van der Waals surface area contributed by atoms with Gasteiger partial charge in [-0.15, -0.1) is 0 Å². The molecular weight excluding hydrogens is 951 g/mol. The quantitative estimate of drug-likeness (QED) is 0.110.